The molecule has 194 valence electrons. The first kappa shape index (κ1) is 25.4. The molecule has 0 aliphatic heterocycles. The molecule has 0 spiro atoms. The van der Waals surface area contributed by atoms with Gasteiger partial charge in [-0.05, 0) is 70.5 Å². The maximum Gasteiger partial charge on any atom is 0.340 e. The van der Waals surface area contributed by atoms with Gasteiger partial charge in [0.25, 0.3) is 5.56 Å². The molecule has 1 atom stereocenters. The zero-order valence-electron chi connectivity index (χ0n) is 21.8. The molecule has 38 heavy (non-hydrogen) atoms. The van der Waals surface area contributed by atoms with Crippen LogP contribution >= 0.6 is 11.3 Å². The lowest BCUT2D eigenvalue weighted by Gasteiger charge is -2.23. The quantitative estimate of drug-likeness (QED) is 0.284. The van der Waals surface area contributed by atoms with Crippen LogP contribution in [0.5, 0.6) is 0 Å². The Kier molecular flexibility index (Phi) is 6.40. The molecule has 0 unspecified atom stereocenters. The van der Waals surface area contributed by atoms with E-state index in [1.807, 2.05) is 71.0 Å². The Bertz CT molecular complexity index is 1810. The average molecular weight is 529 g/mol. The average Bonchev–Trinajstić information content (AvgIpc) is 3.22. The van der Waals surface area contributed by atoms with E-state index < -0.39 is 11.6 Å². The molecule has 0 aliphatic rings. The number of esters is 1. The van der Waals surface area contributed by atoms with Crippen molar-refractivity contribution in [1.82, 2.24) is 14.4 Å². The molecular formula is C29H28N4O4S. The second-order valence-electron chi connectivity index (χ2n) is 10.3. The molecular weight excluding hydrogens is 500 g/mol. The van der Waals surface area contributed by atoms with Gasteiger partial charge in [0.1, 0.15) is 11.2 Å². The molecule has 0 aliphatic carbocycles. The van der Waals surface area contributed by atoms with E-state index in [1.165, 1.54) is 10.5 Å². The van der Waals surface area contributed by atoms with E-state index in [2.05, 4.69) is 10.3 Å². The summed E-state index contributed by atoms with van der Waals surface area (Å²) in [6, 6.07) is 15.9. The number of pyridine rings is 1. The third-order valence-corrected chi connectivity index (χ3v) is 6.89. The van der Waals surface area contributed by atoms with Gasteiger partial charge in [0.15, 0.2) is 0 Å². The highest BCUT2D eigenvalue weighted by Gasteiger charge is 2.22. The zero-order chi connectivity index (χ0) is 27.2. The number of fused-ring (bicyclic) bond motifs is 2. The van der Waals surface area contributed by atoms with Crippen LogP contribution in [0.3, 0.4) is 0 Å². The van der Waals surface area contributed by atoms with Gasteiger partial charge in [0.2, 0.25) is 0 Å². The van der Waals surface area contributed by atoms with Crippen LogP contribution in [0.4, 0.5) is 5.69 Å². The number of carbonyl (C=O) groups excluding carboxylic acids is 1. The number of H-pyrrole nitrogens is 1. The van der Waals surface area contributed by atoms with Crippen molar-refractivity contribution in [3.8, 4) is 11.3 Å². The third-order valence-electron chi connectivity index (χ3n) is 6.03. The number of thiazole rings is 1. The second kappa shape index (κ2) is 9.57. The largest absolute Gasteiger partial charge is 0.456 e. The number of hydrogen-bond acceptors (Lipinski definition) is 7. The Labute approximate surface area is 223 Å². The maximum atomic E-state index is 13.2. The Morgan fingerprint density at radius 2 is 1.87 bits per heavy atom. The summed E-state index contributed by atoms with van der Waals surface area (Å²) >= 11 is 1.14. The molecule has 2 aromatic carbocycles. The van der Waals surface area contributed by atoms with E-state index in [4.69, 9.17) is 9.72 Å². The normalized spacial score (nSPS) is 12.6. The van der Waals surface area contributed by atoms with Crippen LogP contribution in [0.15, 0.2) is 70.4 Å². The minimum absolute atomic E-state index is 0.131. The van der Waals surface area contributed by atoms with Crippen LogP contribution in [0.25, 0.3) is 27.1 Å². The van der Waals surface area contributed by atoms with E-state index in [0.29, 0.717) is 28.1 Å². The van der Waals surface area contributed by atoms with Gasteiger partial charge in [-0.1, -0.05) is 29.5 Å². The fourth-order valence-electron chi connectivity index (χ4n) is 4.38. The predicted molar refractivity (Wildman–Crippen MR) is 151 cm³/mol. The van der Waals surface area contributed by atoms with Gasteiger partial charge in [-0.2, -0.15) is 0 Å². The number of anilines is 1. The highest BCUT2D eigenvalue weighted by molar-refractivity contribution is 7.16. The Morgan fingerprint density at radius 3 is 2.63 bits per heavy atom. The topological polar surface area (TPSA) is 106 Å². The summed E-state index contributed by atoms with van der Waals surface area (Å²) in [4.78, 5) is 45.4. The lowest BCUT2D eigenvalue weighted by atomic mass is 10.1. The highest BCUT2D eigenvalue weighted by atomic mass is 32.1. The van der Waals surface area contributed by atoms with Gasteiger partial charge < -0.3 is 15.0 Å². The monoisotopic (exact) mass is 528 g/mol. The first-order valence-electron chi connectivity index (χ1n) is 12.2. The molecule has 5 rings (SSSR count). The number of nitrogens with one attached hydrogen (secondary N) is 2. The predicted octanol–water partition coefficient (Wildman–Crippen LogP) is 5.70. The molecule has 0 saturated carbocycles. The van der Waals surface area contributed by atoms with Crippen LogP contribution in [0.2, 0.25) is 0 Å². The van der Waals surface area contributed by atoms with Gasteiger partial charge in [-0.15, -0.1) is 0 Å². The van der Waals surface area contributed by atoms with E-state index in [1.54, 1.807) is 18.3 Å². The fourth-order valence-corrected chi connectivity index (χ4v) is 5.10. The van der Waals surface area contributed by atoms with Crippen molar-refractivity contribution in [1.29, 1.82) is 0 Å². The van der Waals surface area contributed by atoms with Gasteiger partial charge in [0, 0.05) is 29.1 Å². The second-order valence-corrected chi connectivity index (χ2v) is 11.3. The SMILES string of the molecule is Cc1cc([C@H](C)Nc2ccccc2C(=O)OC(C)(C)C)c2nc(-c3ccc4sc(=O)[nH]c4c3)cc(=O)n2c1. The van der Waals surface area contributed by atoms with Crippen molar-refractivity contribution >= 4 is 38.9 Å². The standard InChI is InChI=1S/C29H28N4O4S/c1-16-12-20(17(2)30-21-9-7-6-8-19(21)27(35)37-29(3,4)5)26-31-22(14-25(34)33(26)15-16)18-10-11-24-23(13-18)32-28(36)38-24/h6-15,17,30H,1-5H3,(H,32,36)/t17-/m0/s1. The first-order chi connectivity index (χ1) is 18.0. The molecule has 0 amide bonds. The molecule has 0 saturated heterocycles. The summed E-state index contributed by atoms with van der Waals surface area (Å²) in [7, 11) is 0. The lowest BCUT2D eigenvalue weighted by molar-refractivity contribution is 0.00706. The van der Waals surface area contributed by atoms with Crippen LogP contribution in [0.1, 0.15) is 55.2 Å². The summed E-state index contributed by atoms with van der Waals surface area (Å²) in [5.41, 5.74) is 4.37. The van der Waals surface area contributed by atoms with E-state index in [9.17, 15) is 14.4 Å². The molecule has 3 heterocycles. The Balaban J connectivity index is 1.58. The Morgan fingerprint density at radius 1 is 1.11 bits per heavy atom. The number of nitrogens with zero attached hydrogens (tertiary/aromatic N) is 2. The number of para-hydroxylation sites is 1. The molecule has 0 radical (unpaired) electrons. The van der Waals surface area contributed by atoms with Crippen molar-refractivity contribution in [3.05, 3.63) is 97.5 Å². The summed E-state index contributed by atoms with van der Waals surface area (Å²) in [6.07, 6.45) is 1.76. The van der Waals surface area contributed by atoms with E-state index in [-0.39, 0.29) is 16.5 Å². The van der Waals surface area contributed by atoms with Crippen molar-refractivity contribution in [2.45, 2.75) is 46.3 Å². The van der Waals surface area contributed by atoms with Crippen molar-refractivity contribution in [3.63, 3.8) is 0 Å². The van der Waals surface area contributed by atoms with Gasteiger partial charge in [-0.3, -0.25) is 14.0 Å². The van der Waals surface area contributed by atoms with Gasteiger partial charge in [-0.25, -0.2) is 9.78 Å². The molecule has 8 nitrogen and oxygen atoms in total. The number of rotatable bonds is 5. The number of aryl methyl sites for hydroxylation is 1. The molecule has 0 fully saturated rings. The van der Waals surface area contributed by atoms with Crippen LogP contribution < -0.4 is 15.7 Å². The first-order valence-corrected chi connectivity index (χ1v) is 13.1. The number of ether oxygens (including phenoxy) is 1. The molecule has 2 N–H and O–H groups in total. The number of benzene rings is 2. The zero-order valence-corrected chi connectivity index (χ0v) is 22.6. The third kappa shape index (κ3) is 5.10. The van der Waals surface area contributed by atoms with Gasteiger partial charge >= 0.3 is 10.8 Å². The summed E-state index contributed by atoms with van der Waals surface area (Å²) in [5, 5.41) is 3.42. The smallest absolute Gasteiger partial charge is 0.340 e. The molecule has 5 aromatic rings. The van der Waals surface area contributed by atoms with Crippen molar-refractivity contribution in [2.75, 3.05) is 5.32 Å². The van der Waals surface area contributed by atoms with Gasteiger partial charge in [0.05, 0.1) is 27.5 Å². The number of aromatic amines is 1. The number of hydrogen-bond donors (Lipinski definition) is 2. The Hall–Kier alpha value is -4.24. The summed E-state index contributed by atoms with van der Waals surface area (Å²) < 4.78 is 7.98. The van der Waals surface area contributed by atoms with E-state index in [0.717, 1.165) is 32.7 Å². The summed E-state index contributed by atoms with van der Waals surface area (Å²) in [5.74, 6) is -0.416. The van der Waals surface area contributed by atoms with Crippen LogP contribution in [-0.2, 0) is 4.74 Å². The van der Waals surface area contributed by atoms with E-state index >= 15 is 0 Å². The van der Waals surface area contributed by atoms with Crippen molar-refractivity contribution < 1.29 is 9.53 Å². The lowest BCUT2D eigenvalue weighted by Crippen LogP contribution is -2.25. The minimum Gasteiger partial charge on any atom is -0.456 e. The fraction of sp³-hybridized carbons (Fsp3) is 0.241. The molecule has 3 aromatic heterocycles. The number of carbonyl (C=O) groups is 1. The molecule has 0 bridgehead atoms. The molecule has 9 heteroatoms. The minimum atomic E-state index is -0.622. The number of aromatic nitrogens is 3. The van der Waals surface area contributed by atoms with Crippen LogP contribution in [-0.4, -0.2) is 25.9 Å². The van der Waals surface area contributed by atoms with Crippen LogP contribution in [0, 0.1) is 6.92 Å². The maximum absolute atomic E-state index is 13.2. The summed E-state index contributed by atoms with van der Waals surface area (Å²) in [6.45, 7) is 9.37. The highest BCUT2D eigenvalue weighted by Crippen LogP contribution is 2.28. The van der Waals surface area contributed by atoms with Crippen molar-refractivity contribution in [2.24, 2.45) is 0 Å².